The molecule has 0 saturated heterocycles. The van der Waals surface area contributed by atoms with Crippen LogP contribution in [-0.4, -0.2) is 25.7 Å². The summed E-state index contributed by atoms with van der Waals surface area (Å²) in [7, 11) is 0. The predicted molar refractivity (Wildman–Crippen MR) is 83.9 cm³/mol. The van der Waals surface area contributed by atoms with E-state index in [0.29, 0.717) is 11.5 Å². The van der Waals surface area contributed by atoms with E-state index in [0.717, 1.165) is 19.6 Å². The van der Waals surface area contributed by atoms with E-state index < -0.39 is 0 Å². The van der Waals surface area contributed by atoms with Gasteiger partial charge in [-0.15, -0.1) is 0 Å². The Bertz CT molecular complexity index is 411. The van der Waals surface area contributed by atoms with Crippen molar-refractivity contribution in [1.82, 2.24) is 5.32 Å². The number of hydrogen-bond donors (Lipinski definition) is 1. The number of benzene rings is 1. The SMILES string of the molecule is CCNCC(C)(C)CN1c2ccccc2CCC1C. The Morgan fingerprint density at radius 3 is 2.79 bits per heavy atom. The van der Waals surface area contributed by atoms with Gasteiger partial charge in [-0.2, -0.15) is 0 Å². The summed E-state index contributed by atoms with van der Waals surface area (Å²) in [5, 5.41) is 3.49. The van der Waals surface area contributed by atoms with E-state index in [1.807, 2.05) is 0 Å². The molecule has 0 radical (unpaired) electrons. The monoisotopic (exact) mass is 260 g/mol. The van der Waals surface area contributed by atoms with Crippen LogP contribution in [0, 0.1) is 5.41 Å². The highest BCUT2D eigenvalue weighted by Gasteiger charge is 2.28. The molecule has 0 spiro atoms. The lowest BCUT2D eigenvalue weighted by Crippen LogP contribution is -2.46. The quantitative estimate of drug-likeness (QED) is 0.872. The normalized spacial score (nSPS) is 19.4. The molecule has 1 aromatic carbocycles. The van der Waals surface area contributed by atoms with E-state index in [-0.39, 0.29) is 0 Å². The van der Waals surface area contributed by atoms with E-state index in [2.05, 4.69) is 62.2 Å². The van der Waals surface area contributed by atoms with Gasteiger partial charge in [0.15, 0.2) is 0 Å². The lowest BCUT2D eigenvalue weighted by molar-refractivity contribution is 0.330. The van der Waals surface area contributed by atoms with Crippen LogP contribution in [0.2, 0.25) is 0 Å². The van der Waals surface area contributed by atoms with Crippen molar-refractivity contribution in [2.45, 2.75) is 46.6 Å². The zero-order valence-corrected chi connectivity index (χ0v) is 12.9. The molecule has 2 nitrogen and oxygen atoms in total. The maximum atomic E-state index is 3.49. The molecular formula is C17H28N2. The molecule has 0 amide bonds. The summed E-state index contributed by atoms with van der Waals surface area (Å²) < 4.78 is 0. The van der Waals surface area contributed by atoms with E-state index in [1.54, 1.807) is 0 Å². The van der Waals surface area contributed by atoms with Crippen molar-refractivity contribution >= 4 is 5.69 Å². The maximum absolute atomic E-state index is 3.49. The Balaban J connectivity index is 2.15. The number of fused-ring (bicyclic) bond motifs is 1. The second kappa shape index (κ2) is 5.96. The molecule has 106 valence electrons. The molecule has 0 bridgehead atoms. The zero-order valence-electron chi connectivity index (χ0n) is 12.9. The Hall–Kier alpha value is -1.02. The van der Waals surface area contributed by atoms with Crippen LogP contribution in [0.4, 0.5) is 5.69 Å². The summed E-state index contributed by atoms with van der Waals surface area (Å²) in [6, 6.07) is 9.55. The van der Waals surface area contributed by atoms with Crippen LogP contribution in [0.5, 0.6) is 0 Å². The molecule has 0 aromatic heterocycles. The molecule has 1 heterocycles. The molecule has 1 atom stereocenters. The van der Waals surface area contributed by atoms with Crippen LogP contribution in [0.25, 0.3) is 0 Å². The number of nitrogens with zero attached hydrogens (tertiary/aromatic N) is 1. The average Bonchev–Trinajstić information content (AvgIpc) is 2.40. The molecule has 0 aliphatic carbocycles. The van der Waals surface area contributed by atoms with Gasteiger partial charge in [-0.25, -0.2) is 0 Å². The molecule has 0 saturated carbocycles. The first-order chi connectivity index (χ1) is 9.03. The standard InChI is InChI=1S/C17H28N2/c1-5-18-12-17(3,4)13-19-14(2)10-11-15-8-6-7-9-16(15)19/h6-9,14,18H,5,10-13H2,1-4H3. The molecule has 1 aromatic rings. The van der Waals surface area contributed by atoms with Crippen molar-refractivity contribution in [3.8, 4) is 0 Å². The van der Waals surface area contributed by atoms with Crippen molar-refractivity contribution in [1.29, 1.82) is 0 Å². The van der Waals surface area contributed by atoms with Crippen LogP contribution in [0.15, 0.2) is 24.3 Å². The van der Waals surface area contributed by atoms with Crippen LogP contribution in [0.3, 0.4) is 0 Å². The highest BCUT2D eigenvalue weighted by molar-refractivity contribution is 5.56. The summed E-state index contributed by atoms with van der Waals surface area (Å²) in [6.07, 6.45) is 2.50. The number of aryl methyl sites for hydroxylation is 1. The highest BCUT2D eigenvalue weighted by atomic mass is 15.2. The largest absolute Gasteiger partial charge is 0.368 e. The fourth-order valence-corrected chi connectivity index (χ4v) is 2.98. The first-order valence-corrected chi connectivity index (χ1v) is 7.59. The fraction of sp³-hybridized carbons (Fsp3) is 0.647. The van der Waals surface area contributed by atoms with Crippen molar-refractivity contribution < 1.29 is 0 Å². The lowest BCUT2D eigenvalue weighted by atomic mass is 9.89. The molecule has 1 N–H and O–H groups in total. The van der Waals surface area contributed by atoms with Gasteiger partial charge in [-0.05, 0) is 43.4 Å². The Labute approximate surface area is 118 Å². The van der Waals surface area contributed by atoms with Crippen LogP contribution in [0.1, 0.15) is 39.7 Å². The van der Waals surface area contributed by atoms with Gasteiger partial charge in [0, 0.05) is 24.8 Å². The van der Waals surface area contributed by atoms with Gasteiger partial charge in [0.2, 0.25) is 0 Å². The summed E-state index contributed by atoms with van der Waals surface area (Å²) >= 11 is 0. The minimum atomic E-state index is 0.300. The van der Waals surface area contributed by atoms with Crippen molar-refractivity contribution in [2.75, 3.05) is 24.5 Å². The van der Waals surface area contributed by atoms with Gasteiger partial charge in [-0.3, -0.25) is 0 Å². The number of rotatable bonds is 5. The number of anilines is 1. The Morgan fingerprint density at radius 1 is 1.32 bits per heavy atom. The van der Waals surface area contributed by atoms with E-state index in [4.69, 9.17) is 0 Å². The van der Waals surface area contributed by atoms with Crippen molar-refractivity contribution in [3.63, 3.8) is 0 Å². The first-order valence-electron chi connectivity index (χ1n) is 7.59. The molecule has 2 rings (SSSR count). The number of nitrogens with one attached hydrogen (secondary N) is 1. The maximum Gasteiger partial charge on any atom is 0.0401 e. The van der Waals surface area contributed by atoms with Crippen LogP contribution < -0.4 is 10.2 Å². The number of para-hydroxylation sites is 1. The second-order valence-electron chi connectivity index (χ2n) is 6.59. The minimum Gasteiger partial charge on any atom is -0.368 e. The summed E-state index contributed by atoms with van der Waals surface area (Å²) in [4.78, 5) is 2.61. The van der Waals surface area contributed by atoms with Crippen molar-refractivity contribution in [3.05, 3.63) is 29.8 Å². The lowest BCUT2D eigenvalue weighted by Gasteiger charge is -2.42. The Kier molecular flexibility index (Phi) is 4.51. The molecule has 19 heavy (non-hydrogen) atoms. The summed E-state index contributed by atoms with van der Waals surface area (Å²) in [6.45, 7) is 12.5. The van der Waals surface area contributed by atoms with Gasteiger partial charge >= 0.3 is 0 Å². The second-order valence-corrected chi connectivity index (χ2v) is 6.59. The topological polar surface area (TPSA) is 15.3 Å². The van der Waals surface area contributed by atoms with Gasteiger partial charge in [-0.1, -0.05) is 39.0 Å². The predicted octanol–water partition coefficient (Wildman–Crippen LogP) is 3.46. The molecule has 2 heteroatoms. The number of hydrogen-bond acceptors (Lipinski definition) is 2. The van der Waals surface area contributed by atoms with E-state index in [1.165, 1.54) is 24.1 Å². The molecule has 1 unspecified atom stereocenters. The smallest absolute Gasteiger partial charge is 0.0401 e. The fourth-order valence-electron chi connectivity index (χ4n) is 2.98. The van der Waals surface area contributed by atoms with E-state index in [9.17, 15) is 0 Å². The molecule has 0 fully saturated rings. The zero-order chi connectivity index (χ0) is 13.9. The van der Waals surface area contributed by atoms with Gasteiger partial charge in [0.1, 0.15) is 0 Å². The van der Waals surface area contributed by atoms with Gasteiger partial charge in [0.25, 0.3) is 0 Å². The summed E-state index contributed by atoms with van der Waals surface area (Å²) in [5.41, 5.74) is 3.26. The third-order valence-corrected chi connectivity index (χ3v) is 4.12. The van der Waals surface area contributed by atoms with Crippen molar-refractivity contribution in [2.24, 2.45) is 5.41 Å². The van der Waals surface area contributed by atoms with Gasteiger partial charge in [0.05, 0.1) is 0 Å². The molecular weight excluding hydrogens is 232 g/mol. The molecule has 1 aliphatic rings. The average molecular weight is 260 g/mol. The Morgan fingerprint density at radius 2 is 2.05 bits per heavy atom. The summed E-state index contributed by atoms with van der Waals surface area (Å²) in [5.74, 6) is 0. The van der Waals surface area contributed by atoms with Crippen LogP contribution >= 0.6 is 0 Å². The van der Waals surface area contributed by atoms with Crippen LogP contribution in [-0.2, 0) is 6.42 Å². The third-order valence-electron chi connectivity index (χ3n) is 4.12. The third kappa shape index (κ3) is 3.50. The highest BCUT2D eigenvalue weighted by Crippen LogP contribution is 2.32. The van der Waals surface area contributed by atoms with Gasteiger partial charge < -0.3 is 10.2 Å². The first kappa shape index (κ1) is 14.4. The minimum absolute atomic E-state index is 0.300. The van der Waals surface area contributed by atoms with E-state index >= 15 is 0 Å². The molecule has 1 aliphatic heterocycles.